The van der Waals surface area contributed by atoms with Gasteiger partial charge in [-0.15, -0.1) is 0 Å². The zero-order valence-corrected chi connectivity index (χ0v) is 17.3. The molecule has 154 valence electrons. The van der Waals surface area contributed by atoms with Crippen molar-refractivity contribution in [3.63, 3.8) is 0 Å². The van der Waals surface area contributed by atoms with E-state index in [1.807, 2.05) is 20.8 Å². The number of furan rings is 1. The third-order valence-corrected chi connectivity index (χ3v) is 4.80. The third kappa shape index (κ3) is 4.21. The van der Waals surface area contributed by atoms with Crippen molar-refractivity contribution < 1.29 is 23.8 Å². The van der Waals surface area contributed by atoms with Gasteiger partial charge in [-0.1, -0.05) is 25.5 Å². The van der Waals surface area contributed by atoms with Gasteiger partial charge < -0.3 is 19.2 Å². The first-order valence-electron chi connectivity index (χ1n) is 9.95. The first-order valence-corrected chi connectivity index (χ1v) is 9.95. The standard InChI is InChI=1S/C23H27NO5/c1-5-6-12-24-20(18-11-10-15(4)29-18)19(22(26)23(24)27)21(25)16-8-7-9-17(13-16)28-14(2)3/h7-11,13-14,20,25H,5-6,12H2,1-4H3/b21-19-. The molecule has 1 saturated heterocycles. The van der Waals surface area contributed by atoms with Crippen LogP contribution in [-0.4, -0.2) is 34.3 Å². The van der Waals surface area contributed by atoms with Gasteiger partial charge in [-0.25, -0.2) is 0 Å². The van der Waals surface area contributed by atoms with Crippen LogP contribution in [0.25, 0.3) is 5.76 Å². The van der Waals surface area contributed by atoms with Gasteiger partial charge in [0.05, 0.1) is 11.7 Å². The summed E-state index contributed by atoms with van der Waals surface area (Å²) in [6.07, 6.45) is 1.60. The van der Waals surface area contributed by atoms with Crippen LogP contribution in [0, 0.1) is 6.92 Å². The zero-order valence-electron chi connectivity index (χ0n) is 17.3. The third-order valence-electron chi connectivity index (χ3n) is 4.80. The number of carbonyl (C=O) groups excluding carboxylic acids is 2. The normalized spacial score (nSPS) is 18.7. The Labute approximate surface area is 170 Å². The maximum absolute atomic E-state index is 12.9. The minimum Gasteiger partial charge on any atom is -0.507 e. The van der Waals surface area contributed by atoms with Crippen LogP contribution in [0.15, 0.2) is 46.4 Å². The molecule has 0 aliphatic carbocycles. The Morgan fingerprint density at radius 3 is 2.62 bits per heavy atom. The molecule has 6 heteroatoms. The second-order valence-electron chi connectivity index (χ2n) is 7.49. The number of hydrogen-bond acceptors (Lipinski definition) is 5. The van der Waals surface area contributed by atoms with Crippen LogP contribution >= 0.6 is 0 Å². The summed E-state index contributed by atoms with van der Waals surface area (Å²) in [6, 6.07) is 9.66. The number of amides is 1. The molecule has 0 spiro atoms. The number of nitrogens with zero attached hydrogens (tertiary/aromatic N) is 1. The minimum absolute atomic E-state index is 0.0295. The largest absolute Gasteiger partial charge is 0.507 e. The molecule has 6 nitrogen and oxygen atoms in total. The Kier molecular flexibility index (Phi) is 6.11. The number of likely N-dealkylation sites (tertiary alicyclic amines) is 1. The van der Waals surface area contributed by atoms with Crippen molar-refractivity contribution in [2.75, 3.05) is 6.54 Å². The molecule has 1 aliphatic heterocycles. The fraction of sp³-hybridized carbons (Fsp3) is 0.391. The molecule has 2 aromatic rings. The highest BCUT2D eigenvalue weighted by atomic mass is 16.5. The van der Waals surface area contributed by atoms with E-state index >= 15 is 0 Å². The van der Waals surface area contributed by atoms with Gasteiger partial charge in [0, 0.05) is 12.1 Å². The number of carbonyl (C=O) groups is 2. The molecule has 1 fully saturated rings. The average molecular weight is 397 g/mol. The maximum Gasteiger partial charge on any atom is 0.295 e. The molecule has 1 atom stereocenters. The maximum atomic E-state index is 12.9. The predicted octanol–water partition coefficient (Wildman–Crippen LogP) is 4.60. The number of aryl methyl sites for hydroxylation is 1. The molecule has 1 aromatic carbocycles. The van der Waals surface area contributed by atoms with Crippen LogP contribution in [0.4, 0.5) is 0 Å². The molecule has 1 unspecified atom stereocenters. The lowest BCUT2D eigenvalue weighted by Gasteiger charge is -2.23. The number of benzene rings is 1. The van der Waals surface area contributed by atoms with Gasteiger partial charge in [0.25, 0.3) is 11.7 Å². The topological polar surface area (TPSA) is 80.0 Å². The fourth-order valence-electron chi connectivity index (χ4n) is 3.48. The number of aliphatic hydroxyl groups is 1. The van der Waals surface area contributed by atoms with Gasteiger partial charge in [0.1, 0.15) is 29.1 Å². The number of hydrogen-bond donors (Lipinski definition) is 1. The lowest BCUT2D eigenvalue weighted by atomic mass is 9.99. The van der Waals surface area contributed by atoms with Crippen molar-refractivity contribution in [2.45, 2.75) is 52.7 Å². The first kappa shape index (κ1) is 20.7. The molecule has 1 amide bonds. The lowest BCUT2D eigenvalue weighted by molar-refractivity contribution is -0.140. The number of Topliss-reactive ketones (excluding diaryl/α,β-unsaturated/α-hetero) is 1. The van der Waals surface area contributed by atoms with Crippen LogP contribution in [-0.2, 0) is 9.59 Å². The van der Waals surface area contributed by atoms with Crippen molar-refractivity contribution in [1.29, 1.82) is 0 Å². The Bertz CT molecular complexity index is 940. The minimum atomic E-state index is -0.745. The Hall–Kier alpha value is -3.02. The highest BCUT2D eigenvalue weighted by molar-refractivity contribution is 6.46. The van der Waals surface area contributed by atoms with E-state index in [9.17, 15) is 14.7 Å². The zero-order chi connectivity index (χ0) is 21.1. The molecule has 0 bridgehead atoms. The van der Waals surface area contributed by atoms with Gasteiger partial charge in [-0.05, 0) is 51.5 Å². The van der Waals surface area contributed by atoms with E-state index in [2.05, 4.69) is 0 Å². The van der Waals surface area contributed by atoms with Crippen LogP contribution in [0.1, 0.15) is 56.7 Å². The summed E-state index contributed by atoms with van der Waals surface area (Å²) in [6.45, 7) is 8.05. The van der Waals surface area contributed by atoms with Crippen LogP contribution in [0.5, 0.6) is 5.75 Å². The summed E-state index contributed by atoms with van der Waals surface area (Å²) in [7, 11) is 0. The fourth-order valence-corrected chi connectivity index (χ4v) is 3.48. The van der Waals surface area contributed by atoms with Crippen LogP contribution < -0.4 is 4.74 Å². The molecule has 2 heterocycles. The van der Waals surface area contributed by atoms with E-state index in [0.717, 1.165) is 12.8 Å². The second-order valence-corrected chi connectivity index (χ2v) is 7.49. The molecule has 3 rings (SSSR count). The predicted molar refractivity (Wildman–Crippen MR) is 110 cm³/mol. The molecule has 29 heavy (non-hydrogen) atoms. The highest BCUT2D eigenvalue weighted by Crippen LogP contribution is 2.40. The Morgan fingerprint density at radius 2 is 2.00 bits per heavy atom. The van der Waals surface area contributed by atoms with Crippen LogP contribution in [0.3, 0.4) is 0 Å². The van der Waals surface area contributed by atoms with Crippen molar-refractivity contribution in [3.05, 3.63) is 59.1 Å². The van der Waals surface area contributed by atoms with Crippen molar-refractivity contribution in [3.8, 4) is 5.75 Å². The van der Waals surface area contributed by atoms with E-state index < -0.39 is 17.7 Å². The number of ether oxygens (including phenoxy) is 1. The highest BCUT2D eigenvalue weighted by Gasteiger charge is 2.47. The summed E-state index contributed by atoms with van der Waals surface area (Å²) >= 11 is 0. The molecule has 0 saturated carbocycles. The average Bonchev–Trinajstić information content (AvgIpc) is 3.21. The number of ketones is 1. The molecular formula is C23H27NO5. The van der Waals surface area contributed by atoms with Gasteiger partial charge >= 0.3 is 0 Å². The molecule has 1 aromatic heterocycles. The number of unbranched alkanes of at least 4 members (excludes halogenated alkanes) is 1. The second kappa shape index (κ2) is 8.55. The van der Waals surface area contributed by atoms with E-state index in [1.54, 1.807) is 43.3 Å². The van der Waals surface area contributed by atoms with E-state index in [-0.39, 0.29) is 17.4 Å². The van der Waals surface area contributed by atoms with Gasteiger partial charge in [0.2, 0.25) is 0 Å². The SMILES string of the molecule is CCCCN1C(=O)C(=O)/C(=C(\O)c2cccc(OC(C)C)c2)C1c1ccc(C)o1. The summed E-state index contributed by atoms with van der Waals surface area (Å²) in [5, 5.41) is 11.0. The summed E-state index contributed by atoms with van der Waals surface area (Å²) in [5.41, 5.74) is 0.465. The Balaban J connectivity index is 2.10. The van der Waals surface area contributed by atoms with Crippen LogP contribution in [0.2, 0.25) is 0 Å². The van der Waals surface area contributed by atoms with Crippen molar-refractivity contribution >= 4 is 17.4 Å². The van der Waals surface area contributed by atoms with Crippen molar-refractivity contribution in [1.82, 2.24) is 4.90 Å². The summed E-state index contributed by atoms with van der Waals surface area (Å²) in [5.74, 6) is 0.175. The molecule has 1 aliphatic rings. The van der Waals surface area contributed by atoms with Crippen molar-refractivity contribution in [2.24, 2.45) is 0 Å². The molecule has 0 radical (unpaired) electrons. The quantitative estimate of drug-likeness (QED) is 0.420. The summed E-state index contributed by atoms with van der Waals surface area (Å²) < 4.78 is 11.4. The van der Waals surface area contributed by atoms with Gasteiger partial charge in [0.15, 0.2) is 0 Å². The number of aliphatic hydroxyl groups excluding tert-OH is 1. The first-order chi connectivity index (χ1) is 13.8. The molecule has 1 N–H and O–H groups in total. The lowest BCUT2D eigenvalue weighted by Crippen LogP contribution is -2.30. The van der Waals surface area contributed by atoms with E-state index in [1.165, 1.54) is 4.90 Å². The smallest absolute Gasteiger partial charge is 0.295 e. The van der Waals surface area contributed by atoms with E-state index in [4.69, 9.17) is 9.15 Å². The summed E-state index contributed by atoms with van der Waals surface area (Å²) in [4.78, 5) is 27.1. The van der Waals surface area contributed by atoms with Gasteiger partial charge in [-0.2, -0.15) is 0 Å². The van der Waals surface area contributed by atoms with E-state index in [0.29, 0.717) is 29.4 Å². The monoisotopic (exact) mass is 397 g/mol. The molecular weight excluding hydrogens is 370 g/mol. The Morgan fingerprint density at radius 1 is 1.24 bits per heavy atom. The number of rotatable bonds is 7. The van der Waals surface area contributed by atoms with Gasteiger partial charge in [-0.3, -0.25) is 9.59 Å².